The van der Waals surface area contributed by atoms with Gasteiger partial charge in [-0.25, -0.2) is 17.9 Å². The number of benzene rings is 1. The number of ether oxygens (including phenoxy) is 1. The highest BCUT2D eigenvalue weighted by Crippen LogP contribution is 2.22. The van der Waals surface area contributed by atoms with E-state index >= 15 is 0 Å². The Morgan fingerprint density at radius 1 is 1.42 bits per heavy atom. The van der Waals surface area contributed by atoms with Gasteiger partial charge < -0.3 is 15.2 Å². The Labute approximate surface area is 111 Å². The first-order chi connectivity index (χ1) is 8.92. The summed E-state index contributed by atoms with van der Waals surface area (Å²) in [4.78, 5) is 10.8. The zero-order chi connectivity index (χ0) is 14.5. The summed E-state index contributed by atoms with van der Waals surface area (Å²) < 4.78 is 30.7. The largest absolute Gasteiger partial charge is 0.478 e. The van der Waals surface area contributed by atoms with Crippen LogP contribution in [0.2, 0.25) is 0 Å². The third-order valence-electron chi connectivity index (χ3n) is 2.41. The molecule has 19 heavy (non-hydrogen) atoms. The van der Waals surface area contributed by atoms with Gasteiger partial charge in [0.15, 0.2) is 0 Å². The molecule has 0 fully saturated rings. The summed E-state index contributed by atoms with van der Waals surface area (Å²) in [5.41, 5.74) is 0.238. The number of methoxy groups -OCH3 is 1. The van der Waals surface area contributed by atoms with Gasteiger partial charge in [-0.1, -0.05) is 0 Å². The summed E-state index contributed by atoms with van der Waals surface area (Å²) >= 11 is 0. The molecule has 3 N–H and O–H groups in total. The van der Waals surface area contributed by atoms with Crippen molar-refractivity contribution in [3.05, 3.63) is 23.8 Å². The minimum Gasteiger partial charge on any atom is -0.478 e. The molecule has 0 radical (unpaired) electrons. The van der Waals surface area contributed by atoms with Gasteiger partial charge in [0.2, 0.25) is 10.0 Å². The number of anilines is 1. The number of rotatable bonds is 7. The van der Waals surface area contributed by atoms with E-state index in [1.807, 2.05) is 0 Å². The Kier molecular flexibility index (Phi) is 5.28. The first-order valence-electron chi connectivity index (χ1n) is 5.46. The van der Waals surface area contributed by atoms with Crippen LogP contribution in [0.4, 0.5) is 5.69 Å². The summed E-state index contributed by atoms with van der Waals surface area (Å²) in [7, 11) is -0.945. The quantitative estimate of drug-likeness (QED) is 0.625. The first kappa shape index (κ1) is 15.4. The van der Waals surface area contributed by atoms with Crippen LogP contribution in [-0.4, -0.2) is 46.8 Å². The van der Waals surface area contributed by atoms with E-state index < -0.39 is 16.0 Å². The minimum absolute atomic E-state index is 0.0916. The van der Waals surface area contributed by atoms with E-state index in [0.717, 1.165) is 6.07 Å². The van der Waals surface area contributed by atoms with Gasteiger partial charge in [-0.3, -0.25) is 0 Å². The normalized spacial score (nSPS) is 11.3. The topological polar surface area (TPSA) is 105 Å². The number of aromatic carboxylic acids is 1. The van der Waals surface area contributed by atoms with E-state index in [1.54, 1.807) is 0 Å². The lowest BCUT2D eigenvalue weighted by Crippen LogP contribution is -2.21. The molecule has 0 saturated carbocycles. The fourth-order valence-corrected chi connectivity index (χ4v) is 2.35. The highest BCUT2D eigenvalue weighted by atomic mass is 32.2. The van der Waals surface area contributed by atoms with Gasteiger partial charge in [0.1, 0.15) is 4.90 Å². The molecule has 7 nitrogen and oxygen atoms in total. The van der Waals surface area contributed by atoms with E-state index in [2.05, 4.69) is 10.0 Å². The van der Waals surface area contributed by atoms with Crippen molar-refractivity contribution in [2.24, 2.45) is 0 Å². The van der Waals surface area contributed by atoms with Gasteiger partial charge in [0, 0.05) is 13.7 Å². The van der Waals surface area contributed by atoms with Crippen LogP contribution in [-0.2, 0) is 14.8 Å². The predicted molar refractivity (Wildman–Crippen MR) is 70.0 cm³/mol. The first-order valence-corrected chi connectivity index (χ1v) is 6.94. The molecular formula is C11H16N2O5S. The molecule has 0 aliphatic heterocycles. The molecule has 0 amide bonds. The van der Waals surface area contributed by atoms with Crippen LogP contribution in [0.1, 0.15) is 10.4 Å². The fraction of sp³-hybridized carbons (Fsp3) is 0.364. The van der Waals surface area contributed by atoms with E-state index in [0.29, 0.717) is 18.8 Å². The molecule has 0 spiro atoms. The molecule has 106 valence electrons. The Morgan fingerprint density at radius 2 is 2.11 bits per heavy atom. The molecule has 0 aliphatic rings. The maximum absolute atomic E-state index is 11.9. The SMILES string of the molecule is CNS(=O)(=O)c1cc(C(=O)O)ccc1NCCOC. The molecule has 0 bridgehead atoms. The Hall–Kier alpha value is -1.64. The number of carbonyl (C=O) groups is 1. The van der Waals surface area contributed by atoms with Crippen LogP contribution in [0.15, 0.2) is 23.1 Å². The smallest absolute Gasteiger partial charge is 0.335 e. The van der Waals surface area contributed by atoms with Crippen molar-refractivity contribution >= 4 is 21.7 Å². The molecule has 0 aromatic heterocycles. The highest BCUT2D eigenvalue weighted by molar-refractivity contribution is 7.89. The number of carboxylic acids is 1. The summed E-state index contributed by atoms with van der Waals surface area (Å²) in [5.74, 6) is -1.18. The molecule has 1 rings (SSSR count). The van der Waals surface area contributed by atoms with Gasteiger partial charge >= 0.3 is 5.97 Å². The van der Waals surface area contributed by atoms with Gasteiger partial charge in [-0.05, 0) is 25.2 Å². The van der Waals surface area contributed by atoms with Gasteiger partial charge in [-0.2, -0.15) is 0 Å². The van der Waals surface area contributed by atoms with Crippen molar-refractivity contribution in [1.29, 1.82) is 0 Å². The molecule has 1 aromatic rings. The van der Waals surface area contributed by atoms with Gasteiger partial charge in [0.25, 0.3) is 0 Å². The van der Waals surface area contributed by atoms with Crippen LogP contribution in [0.3, 0.4) is 0 Å². The summed E-state index contributed by atoms with van der Waals surface area (Å²) in [6, 6.07) is 3.87. The van der Waals surface area contributed by atoms with Crippen LogP contribution in [0.5, 0.6) is 0 Å². The van der Waals surface area contributed by atoms with Crippen LogP contribution in [0, 0.1) is 0 Å². The lowest BCUT2D eigenvalue weighted by atomic mass is 10.2. The Balaban J connectivity index is 3.19. The predicted octanol–water partition coefficient (Wildman–Crippen LogP) is 0.351. The highest BCUT2D eigenvalue weighted by Gasteiger charge is 2.19. The molecule has 0 heterocycles. The Bertz CT molecular complexity index is 556. The lowest BCUT2D eigenvalue weighted by Gasteiger charge is -2.12. The third-order valence-corrected chi connectivity index (χ3v) is 3.86. The average Bonchev–Trinajstić information content (AvgIpc) is 2.39. The van der Waals surface area contributed by atoms with E-state index in [4.69, 9.17) is 9.84 Å². The lowest BCUT2D eigenvalue weighted by molar-refractivity contribution is 0.0696. The standard InChI is InChI=1S/C11H16N2O5S/c1-12-19(16,17)10-7-8(11(14)15)3-4-9(10)13-5-6-18-2/h3-4,7,12-13H,5-6H2,1-2H3,(H,14,15). The molecule has 1 aromatic carbocycles. The van der Waals surface area contributed by atoms with Crippen LogP contribution >= 0.6 is 0 Å². The van der Waals surface area contributed by atoms with Crippen molar-refractivity contribution in [1.82, 2.24) is 4.72 Å². The van der Waals surface area contributed by atoms with Gasteiger partial charge in [0.05, 0.1) is 17.9 Å². The zero-order valence-corrected chi connectivity index (χ0v) is 11.5. The molecular weight excluding hydrogens is 272 g/mol. The minimum atomic E-state index is -3.74. The second kappa shape index (κ2) is 6.50. The average molecular weight is 288 g/mol. The van der Waals surface area contributed by atoms with Gasteiger partial charge in [-0.15, -0.1) is 0 Å². The molecule has 0 unspecified atom stereocenters. The molecule has 0 aliphatic carbocycles. The zero-order valence-electron chi connectivity index (χ0n) is 10.6. The van der Waals surface area contributed by atoms with Crippen molar-refractivity contribution < 1.29 is 23.1 Å². The number of carboxylic acid groups (broad SMARTS) is 1. The van der Waals surface area contributed by atoms with Crippen molar-refractivity contribution in [2.45, 2.75) is 4.90 Å². The second-order valence-electron chi connectivity index (χ2n) is 3.64. The van der Waals surface area contributed by atoms with Crippen molar-refractivity contribution in [3.8, 4) is 0 Å². The molecule has 8 heteroatoms. The summed E-state index contributed by atoms with van der Waals surface area (Å²) in [6.07, 6.45) is 0. The van der Waals surface area contributed by atoms with E-state index in [1.165, 1.54) is 26.3 Å². The second-order valence-corrected chi connectivity index (χ2v) is 5.50. The summed E-state index contributed by atoms with van der Waals surface area (Å²) in [5, 5.41) is 11.8. The molecule has 0 saturated heterocycles. The number of sulfonamides is 1. The number of hydrogen-bond donors (Lipinski definition) is 3. The summed E-state index contributed by atoms with van der Waals surface area (Å²) in [6.45, 7) is 0.814. The number of nitrogens with one attached hydrogen (secondary N) is 2. The maximum atomic E-state index is 11.9. The maximum Gasteiger partial charge on any atom is 0.335 e. The monoisotopic (exact) mass is 288 g/mol. The third kappa shape index (κ3) is 3.91. The van der Waals surface area contributed by atoms with Crippen molar-refractivity contribution in [3.63, 3.8) is 0 Å². The molecule has 0 atom stereocenters. The van der Waals surface area contributed by atoms with E-state index in [9.17, 15) is 13.2 Å². The number of hydrogen-bond acceptors (Lipinski definition) is 5. The van der Waals surface area contributed by atoms with Crippen molar-refractivity contribution in [2.75, 3.05) is 32.6 Å². The van der Waals surface area contributed by atoms with Crippen LogP contribution in [0.25, 0.3) is 0 Å². The van der Waals surface area contributed by atoms with Crippen LogP contribution < -0.4 is 10.0 Å². The fourth-order valence-electron chi connectivity index (χ4n) is 1.42. The Morgan fingerprint density at radius 3 is 2.63 bits per heavy atom. The van der Waals surface area contributed by atoms with E-state index in [-0.39, 0.29) is 10.5 Å².